The molecule has 35 heavy (non-hydrogen) atoms. The molecule has 2 N–H and O–H groups in total. The fourth-order valence-corrected chi connectivity index (χ4v) is 4.08. The molecule has 1 aliphatic rings. The van der Waals surface area contributed by atoms with Gasteiger partial charge >= 0.3 is 6.03 Å². The predicted octanol–water partition coefficient (Wildman–Crippen LogP) is 2.67. The standard InChI is InChI=1S/C24H20FN7O3/c1-14-28-29-30-32(14)18-9-10-19(25)20(12-18)26-21(33)13-31-22(34)24(2,27-23(31)35)17-8-7-15-5-3-4-6-16(15)11-17/h3-12H,13H2,1-2H3,(H,26,33)(H,27,35). The number of tetrazole rings is 1. The van der Waals surface area contributed by atoms with E-state index >= 15 is 0 Å². The van der Waals surface area contributed by atoms with Gasteiger partial charge in [0.15, 0.2) is 5.82 Å². The SMILES string of the molecule is Cc1nnnn1-c1ccc(F)c(NC(=O)CN2C(=O)NC(C)(c3ccc4ccccc4c3)C2=O)c1. The summed E-state index contributed by atoms with van der Waals surface area (Å²) in [7, 11) is 0. The Labute approximate surface area is 198 Å². The van der Waals surface area contributed by atoms with Crippen LogP contribution in [0.5, 0.6) is 0 Å². The summed E-state index contributed by atoms with van der Waals surface area (Å²) in [6.45, 7) is 2.68. The summed E-state index contributed by atoms with van der Waals surface area (Å²) >= 11 is 0. The molecule has 4 aromatic rings. The van der Waals surface area contributed by atoms with E-state index in [1.807, 2.05) is 36.4 Å². The molecule has 4 amide bonds. The number of rotatable bonds is 5. The molecule has 5 rings (SSSR count). The molecule has 0 spiro atoms. The molecule has 1 aliphatic heterocycles. The van der Waals surface area contributed by atoms with Crippen molar-refractivity contribution >= 4 is 34.3 Å². The van der Waals surface area contributed by atoms with Gasteiger partial charge in [-0.2, -0.15) is 4.68 Å². The van der Waals surface area contributed by atoms with Crippen molar-refractivity contribution in [3.05, 3.63) is 77.9 Å². The van der Waals surface area contributed by atoms with Crippen molar-refractivity contribution in [3.63, 3.8) is 0 Å². The Hall–Kier alpha value is -4.67. The average molecular weight is 473 g/mol. The number of aryl methyl sites for hydroxylation is 1. The summed E-state index contributed by atoms with van der Waals surface area (Å²) < 4.78 is 15.8. The molecular weight excluding hydrogens is 453 g/mol. The zero-order valence-electron chi connectivity index (χ0n) is 18.8. The zero-order valence-corrected chi connectivity index (χ0v) is 18.8. The van der Waals surface area contributed by atoms with Crippen molar-refractivity contribution in [1.29, 1.82) is 0 Å². The van der Waals surface area contributed by atoms with Gasteiger partial charge in [-0.05, 0) is 64.9 Å². The number of urea groups is 1. The van der Waals surface area contributed by atoms with Crippen LogP contribution >= 0.6 is 0 Å². The summed E-state index contributed by atoms with van der Waals surface area (Å²) in [5.74, 6) is -1.53. The summed E-state index contributed by atoms with van der Waals surface area (Å²) in [6, 6.07) is 16.4. The smallest absolute Gasteiger partial charge is 0.322 e. The fraction of sp³-hybridized carbons (Fsp3) is 0.167. The number of imide groups is 1. The number of benzene rings is 3. The highest BCUT2D eigenvalue weighted by Crippen LogP contribution is 2.31. The first kappa shape index (κ1) is 22.1. The van der Waals surface area contributed by atoms with E-state index in [1.54, 1.807) is 19.9 Å². The molecule has 0 aliphatic carbocycles. The molecule has 11 heteroatoms. The van der Waals surface area contributed by atoms with Crippen LogP contribution in [0.2, 0.25) is 0 Å². The van der Waals surface area contributed by atoms with Crippen molar-refractivity contribution in [2.24, 2.45) is 0 Å². The van der Waals surface area contributed by atoms with E-state index in [-0.39, 0.29) is 5.69 Å². The lowest BCUT2D eigenvalue weighted by Gasteiger charge is -2.22. The molecule has 2 heterocycles. The second-order valence-electron chi connectivity index (χ2n) is 8.36. The van der Waals surface area contributed by atoms with Crippen LogP contribution in [0.3, 0.4) is 0 Å². The van der Waals surface area contributed by atoms with E-state index in [4.69, 9.17) is 0 Å². The molecule has 0 saturated carbocycles. The molecule has 10 nitrogen and oxygen atoms in total. The largest absolute Gasteiger partial charge is 0.325 e. The molecule has 176 valence electrons. The van der Waals surface area contributed by atoms with Gasteiger partial charge in [0, 0.05) is 0 Å². The van der Waals surface area contributed by atoms with Crippen molar-refractivity contribution < 1.29 is 18.8 Å². The first-order chi connectivity index (χ1) is 16.8. The Bertz CT molecular complexity index is 1500. The highest BCUT2D eigenvalue weighted by Gasteiger charge is 2.49. The monoisotopic (exact) mass is 473 g/mol. The fourth-order valence-electron chi connectivity index (χ4n) is 4.08. The number of anilines is 1. The van der Waals surface area contributed by atoms with Crippen LogP contribution in [0.1, 0.15) is 18.3 Å². The number of nitrogens with zero attached hydrogens (tertiary/aromatic N) is 5. The summed E-state index contributed by atoms with van der Waals surface area (Å²) in [5, 5.41) is 18.2. The van der Waals surface area contributed by atoms with Gasteiger partial charge in [-0.1, -0.05) is 36.4 Å². The van der Waals surface area contributed by atoms with Crippen molar-refractivity contribution in [2.75, 3.05) is 11.9 Å². The number of amides is 4. The third-order valence-corrected chi connectivity index (χ3v) is 6.00. The molecule has 1 fully saturated rings. The Balaban J connectivity index is 1.35. The van der Waals surface area contributed by atoms with Crippen molar-refractivity contribution in [3.8, 4) is 5.69 Å². The first-order valence-corrected chi connectivity index (χ1v) is 10.7. The van der Waals surface area contributed by atoms with Crippen LogP contribution in [0.4, 0.5) is 14.9 Å². The maximum atomic E-state index is 14.4. The van der Waals surface area contributed by atoms with Crippen molar-refractivity contribution in [1.82, 2.24) is 30.4 Å². The number of nitrogens with one attached hydrogen (secondary N) is 2. The molecule has 1 unspecified atom stereocenters. The quantitative estimate of drug-likeness (QED) is 0.430. The van der Waals surface area contributed by atoms with E-state index in [0.29, 0.717) is 17.1 Å². The lowest BCUT2D eigenvalue weighted by atomic mass is 9.90. The van der Waals surface area contributed by atoms with Gasteiger partial charge in [0.05, 0.1) is 11.4 Å². The van der Waals surface area contributed by atoms with Crippen LogP contribution in [-0.4, -0.2) is 49.5 Å². The molecule has 1 atom stereocenters. The zero-order chi connectivity index (χ0) is 24.7. The second-order valence-corrected chi connectivity index (χ2v) is 8.36. The van der Waals surface area contributed by atoms with E-state index in [0.717, 1.165) is 21.7 Å². The van der Waals surface area contributed by atoms with Crippen LogP contribution in [0.15, 0.2) is 60.7 Å². The van der Waals surface area contributed by atoms with Gasteiger partial charge in [0.25, 0.3) is 5.91 Å². The van der Waals surface area contributed by atoms with Crippen LogP contribution in [0.25, 0.3) is 16.5 Å². The third-order valence-electron chi connectivity index (χ3n) is 6.00. The second kappa shape index (κ2) is 8.28. The predicted molar refractivity (Wildman–Crippen MR) is 124 cm³/mol. The minimum absolute atomic E-state index is 0.133. The van der Waals surface area contributed by atoms with E-state index in [9.17, 15) is 18.8 Å². The van der Waals surface area contributed by atoms with Gasteiger partial charge in [-0.15, -0.1) is 5.10 Å². The molecule has 1 saturated heterocycles. The molecule has 1 aromatic heterocycles. The normalized spacial score (nSPS) is 17.6. The maximum absolute atomic E-state index is 14.4. The van der Waals surface area contributed by atoms with Gasteiger partial charge in [0.1, 0.15) is 17.9 Å². The number of carbonyl (C=O) groups excluding carboxylic acids is 3. The van der Waals surface area contributed by atoms with Gasteiger partial charge < -0.3 is 10.6 Å². The van der Waals surface area contributed by atoms with Crippen LogP contribution < -0.4 is 10.6 Å². The Kier molecular flexibility index (Phi) is 5.24. The van der Waals surface area contributed by atoms with Crippen LogP contribution in [-0.2, 0) is 15.1 Å². The Morgan fingerprint density at radius 2 is 1.86 bits per heavy atom. The van der Waals surface area contributed by atoms with Gasteiger partial charge in [-0.25, -0.2) is 9.18 Å². The minimum atomic E-state index is -1.34. The number of halogens is 1. The average Bonchev–Trinajstić information content (AvgIpc) is 3.37. The highest BCUT2D eigenvalue weighted by molar-refractivity contribution is 6.10. The summed E-state index contributed by atoms with van der Waals surface area (Å²) in [6.07, 6.45) is 0. The number of hydrogen-bond acceptors (Lipinski definition) is 6. The van der Waals surface area contributed by atoms with Gasteiger partial charge in [0.2, 0.25) is 5.91 Å². The highest BCUT2D eigenvalue weighted by atomic mass is 19.1. The molecular formula is C24H20FN7O3. The molecule has 3 aromatic carbocycles. The lowest BCUT2D eigenvalue weighted by Crippen LogP contribution is -2.42. The molecule has 0 bridgehead atoms. The van der Waals surface area contributed by atoms with E-state index in [1.165, 1.54) is 16.8 Å². The van der Waals surface area contributed by atoms with Crippen LogP contribution in [0, 0.1) is 12.7 Å². The molecule has 0 radical (unpaired) electrons. The van der Waals surface area contributed by atoms with Crippen molar-refractivity contribution in [2.45, 2.75) is 19.4 Å². The minimum Gasteiger partial charge on any atom is -0.322 e. The lowest BCUT2D eigenvalue weighted by molar-refractivity contribution is -0.133. The van der Waals surface area contributed by atoms with Gasteiger partial charge in [-0.3, -0.25) is 14.5 Å². The van der Waals surface area contributed by atoms with E-state index in [2.05, 4.69) is 26.2 Å². The number of carbonyl (C=O) groups is 3. The number of fused-ring (bicyclic) bond motifs is 1. The number of hydrogen-bond donors (Lipinski definition) is 2. The summed E-state index contributed by atoms with van der Waals surface area (Å²) in [4.78, 5) is 39.4. The Morgan fingerprint density at radius 1 is 1.09 bits per heavy atom. The summed E-state index contributed by atoms with van der Waals surface area (Å²) in [5.41, 5.74) is -0.452. The Morgan fingerprint density at radius 3 is 2.60 bits per heavy atom. The number of aromatic nitrogens is 4. The first-order valence-electron chi connectivity index (χ1n) is 10.7. The van der Waals surface area contributed by atoms with E-state index < -0.39 is 35.7 Å². The topological polar surface area (TPSA) is 122 Å². The third kappa shape index (κ3) is 3.86. The maximum Gasteiger partial charge on any atom is 0.325 e.